The van der Waals surface area contributed by atoms with Crippen LogP contribution in [0, 0.1) is 17.5 Å². The van der Waals surface area contributed by atoms with E-state index in [4.69, 9.17) is 4.74 Å². The van der Waals surface area contributed by atoms with E-state index >= 15 is 0 Å². The summed E-state index contributed by atoms with van der Waals surface area (Å²) >= 11 is 0. The van der Waals surface area contributed by atoms with Crippen molar-refractivity contribution in [1.82, 2.24) is 0 Å². The monoisotopic (exact) mass is 264 g/mol. The van der Waals surface area contributed by atoms with E-state index in [9.17, 15) is 13.2 Å². The number of ether oxygens (including phenoxy) is 1. The Labute approximate surface area is 108 Å². The average molecular weight is 264 g/mol. The van der Waals surface area contributed by atoms with Crippen LogP contribution in [0.1, 0.15) is 12.5 Å². The van der Waals surface area contributed by atoms with Crippen LogP contribution in [0.25, 0.3) is 11.1 Å². The van der Waals surface area contributed by atoms with Crippen LogP contribution in [0.3, 0.4) is 0 Å². The van der Waals surface area contributed by atoms with E-state index in [0.717, 1.165) is 18.2 Å². The van der Waals surface area contributed by atoms with Gasteiger partial charge in [-0.25, -0.2) is 13.2 Å². The number of hydrogen-bond donors (Lipinski definition) is 0. The van der Waals surface area contributed by atoms with Crippen molar-refractivity contribution in [2.45, 2.75) is 19.4 Å². The standard InChI is InChI=1S/C15H11F3O/c1-8-5-9-6-10(16)7-11(15(9)19-8)14-12(17)3-2-4-13(14)18/h2-4,6-8H,5H2,1H3. The second-order valence-corrected chi connectivity index (χ2v) is 4.67. The van der Waals surface area contributed by atoms with Gasteiger partial charge in [0.2, 0.25) is 0 Å². The molecule has 1 heterocycles. The molecule has 0 aliphatic carbocycles. The van der Waals surface area contributed by atoms with E-state index in [1.54, 1.807) is 0 Å². The van der Waals surface area contributed by atoms with Crippen molar-refractivity contribution >= 4 is 0 Å². The summed E-state index contributed by atoms with van der Waals surface area (Å²) in [5.74, 6) is -1.60. The van der Waals surface area contributed by atoms with Gasteiger partial charge in [-0.05, 0) is 31.2 Å². The summed E-state index contributed by atoms with van der Waals surface area (Å²) in [5, 5.41) is 0. The second kappa shape index (κ2) is 4.30. The van der Waals surface area contributed by atoms with Gasteiger partial charge in [0.05, 0.1) is 5.56 Å². The van der Waals surface area contributed by atoms with Crippen LogP contribution >= 0.6 is 0 Å². The van der Waals surface area contributed by atoms with Crippen molar-refractivity contribution in [3.63, 3.8) is 0 Å². The van der Waals surface area contributed by atoms with Crippen molar-refractivity contribution in [3.8, 4) is 16.9 Å². The lowest BCUT2D eigenvalue weighted by Crippen LogP contribution is -2.05. The minimum atomic E-state index is -0.726. The fraction of sp³-hybridized carbons (Fsp3) is 0.200. The third-order valence-corrected chi connectivity index (χ3v) is 3.19. The van der Waals surface area contributed by atoms with Crippen molar-refractivity contribution in [3.05, 3.63) is 53.3 Å². The fourth-order valence-corrected chi connectivity index (χ4v) is 2.43. The summed E-state index contributed by atoms with van der Waals surface area (Å²) in [5.41, 5.74) is 0.535. The number of rotatable bonds is 1. The largest absolute Gasteiger partial charge is 0.489 e. The molecule has 0 aromatic heterocycles. The van der Waals surface area contributed by atoms with E-state index in [1.807, 2.05) is 6.92 Å². The molecule has 98 valence electrons. The molecule has 0 amide bonds. The summed E-state index contributed by atoms with van der Waals surface area (Å²) in [6.07, 6.45) is 0.418. The van der Waals surface area contributed by atoms with E-state index < -0.39 is 17.5 Å². The normalized spacial score (nSPS) is 17.2. The first-order chi connectivity index (χ1) is 9.06. The molecular formula is C15H11F3O. The third-order valence-electron chi connectivity index (χ3n) is 3.19. The molecule has 0 radical (unpaired) electrons. The third kappa shape index (κ3) is 1.97. The molecule has 0 saturated carbocycles. The van der Waals surface area contributed by atoms with Crippen molar-refractivity contribution in [2.75, 3.05) is 0 Å². The maximum atomic E-state index is 13.8. The number of halogens is 3. The summed E-state index contributed by atoms with van der Waals surface area (Å²) < 4.78 is 46.8. The first kappa shape index (κ1) is 12.1. The zero-order valence-corrected chi connectivity index (χ0v) is 10.2. The molecular weight excluding hydrogens is 253 g/mol. The predicted molar refractivity (Wildman–Crippen MR) is 65.5 cm³/mol. The molecule has 0 saturated heterocycles. The summed E-state index contributed by atoms with van der Waals surface area (Å²) in [6, 6.07) is 6.03. The van der Waals surface area contributed by atoms with Crippen molar-refractivity contribution in [1.29, 1.82) is 0 Å². The van der Waals surface area contributed by atoms with Gasteiger partial charge >= 0.3 is 0 Å². The Balaban J connectivity index is 2.27. The Morgan fingerprint density at radius 1 is 1.11 bits per heavy atom. The van der Waals surface area contributed by atoms with Crippen molar-refractivity contribution < 1.29 is 17.9 Å². The van der Waals surface area contributed by atoms with Crippen LogP contribution in [0.5, 0.6) is 5.75 Å². The average Bonchev–Trinajstić information content (AvgIpc) is 2.69. The molecule has 1 aliphatic heterocycles. The van der Waals surface area contributed by atoms with Gasteiger partial charge in [0.1, 0.15) is 29.3 Å². The van der Waals surface area contributed by atoms with E-state index in [0.29, 0.717) is 17.7 Å². The first-order valence-corrected chi connectivity index (χ1v) is 5.99. The zero-order chi connectivity index (χ0) is 13.6. The minimum absolute atomic E-state index is 0.120. The van der Waals surface area contributed by atoms with Gasteiger partial charge in [-0.2, -0.15) is 0 Å². The van der Waals surface area contributed by atoms with Crippen LogP contribution in [0.2, 0.25) is 0 Å². The molecule has 2 aromatic carbocycles. The maximum Gasteiger partial charge on any atom is 0.134 e. The lowest BCUT2D eigenvalue weighted by atomic mass is 9.99. The van der Waals surface area contributed by atoms with E-state index in [-0.39, 0.29) is 17.2 Å². The fourth-order valence-electron chi connectivity index (χ4n) is 2.43. The molecule has 0 spiro atoms. The molecule has 0 N–H and O–H groups in total. The van der Waals surface area contributed by atoms with Gasteiger partial charge in [-0.3, -0.25) is 0 Å². The molecule has 1 unspecified atom stereocenters. The smallest absolute Gasteiger partial charge is 0.134 e. The predicted octanol–water partition coefficient (Wildman–Crippen LogP) is 4.09. The Morgan fingerprint density at radius 2 is 1.79 bits per heavy atom. The molecule has 1 aliphatic rings. The maximum absolute atomic E-state index is 13.8. The zero-order valence-electron chi connectivity index (χ0n) is 10.2. The van der Waals surface area contributed by atoms with Crippen molar-refractivity contribution in [2.24, 2.45) is 0 Å². The van der Waals surface area contributed by atoms with E-state index in [1.165, 1.54) is 12.1 Å². The summed E-state index contributed by atoms with van der Waals surface area (Å²) in [7, 11) is 0. The number of hydrogen-bond acceptors (Lipinski definition) is 1. The molecule has 3 rings (SSSR count). The van der Waals surface area contributed by atoms with Crippen LogP contribution in [0.15, 0.2) is 30.3 Å². The highest BCUT2D eigenvalue weighted by Crippen LogP contribution is 2.41. The number of benzene rings is 2. The van der Waals surface area contributed by atoms with Gasteiger partial charge in [0.15, 0.2) is 0 Å². The highest BCUT2D eigenvalue weighted by molar-refractivity contribution is 5.74. The Hall–Kier alpha value is -1.97. The molecule has 4 heteroatoms. The molecule has 1 nitrogen and oxygen atoms in total. The SMILES string of the molecule is CC1Cc2cc(F)cc(-c3c(F)cccc3F)c2O1. The highest BCUT2D eigenvalue weighted by Gasteiger charge is 2.26. The lowest BCUT2D eigenvalue weighted by Gasteiger charge is -2.11. The van der Waals surface area contributed by atoms with Gasteiger partial charge < -0.3 is 4.74 Å². The van der Waals surface area contributed by atoms with Gasteiger partial charge in [-0.15, -0.1) is 0 Å². The lowest BCUT2D eigenvalue weighted by molar-refractivity contribution is 0.255. The molecule has 19 heavy (non-hydrogen) atoms. The van der Waals surface area contributed by atoms with Gasteiger partial charge in [-0.1, -0.05) is 6.07 Å². The summed E-state index contributed by atoms with van der Waals surface area (Å²) in [4.78, 5) is 0. The first-order valence-electron chi connectivity index (χ1n) is 5.99. The van der Waals surface area contributed by atoms with E-state index in [2.05, 4.69) is 0 Å². The Morgan fingerprint density at radius 3 is 2.47 bits per heavy atom. The number of fused-ring (bicyclic) bond motifs is 1. The van der Waals surface area contributed by atoms with Gasteiger partial charge in [0.25, 0.3) is 0 Å². The van der Waals surface area contributed by atoms with Gasteiger partial charge in [0, 0.05) is 17.5 Å². The molecule has 0 bridgehead atoms. The van der Waals surface area contributed by atoms with Crippen LogP contribution in [0.4, 0.5) is 13.2 Å². The molecule has 0 fully saturated rings. The summed E-state index contributed by atoms with van der Waals surface area (Å²) in [6.45, 7) is 1.83. The minimum Gasteiger partial charge on any atom is -0.489 e. The Bertz CT molecular complexity index is 632. The molecule has 2 aromatic rings. The van der Waals surface area contributed by atoms with Crippen LogP contribution < -0.4 is 4.74 Å². The highest BCUT2D eigenvalue weighted by atomic mass is 19.1. The quantitative estimate of drug-likeness (QED) is 0.753. The topological polar surface area (TPSA) is 9.23 Å². The second-order valence-electron chi connectivity index (χ2n) is 4.67. The van der Waals surface area contributed by atoms with Crippen LogP contribution in [-0.2, 0) is 6.42 Å². The molecule has 1 atom stereocenters. The van der Waals surface area contributed by atoms with Crippen LogP contribution in [-0.4, -0.2) is 6.10 Å². The Kier molecular flexibility index (Phi) is 2.73.